The molecule has 0 aromatic heterocycles. The van der Waals surface area contributed by atoms with Crippen molar-refractivity contribution in [3.05, 3.63) is 77.9 Å². The quantitative estimate of drug-likeness (QED) is 0.645. The average molecular weight is 361 g/mol. The number of amides is 1. The summed E-state index contributed by atoms with van der Waals surface area (Å²) in [6.07, 6.45) is 1.72. The molecule has 0 saturated carbocycles. The number of carbonyl (C=O) groups is 1. The second-order valence-electron chi connectivity index (χ2n) is 6.71. The van der Waals surface area contributed by atoms with Crippen molar-refractivity contribution in [1.82, 2.24) is 4.90 Å². The molecule has 0 aliphatic carbocycles. The largest absolute Gasteiger partial charge is 0.369 e. The molecule has 0 atom stereocenters. The van der Waals surface area contributed by atoms with Gasteiger partial charge in [0.25, 0.3) is 5.91 Å². The molecule has 4 nitrogen and oxygen atoms in total. The smallest absolute Gasteiger partial charge is 0.254 e. The van der Waals surface area contributed by atoms with Crippen LogP contribution in [0, 0.1) is 11.3 Å². The minimum atomic E-state index is -0.0450. The molecule has 0 heterocycles. The van der Waals surface area contributed by atoms with Crippen LogP contribution in [0.2, 0.25) is 0 Å². The Hall–Kier alpha value is -3.06. The topological polar surface area (TPSA) is 47.3 Å². The molecule has 1 amide bonds. The van der Waals surface area contributed by atoms with Gasteiger partial charge in [-0.25, -0.2) is 0 Å². The van der Waals surface area contributed by atoms with Gasteiger partial charge in [-0.3, -0.25) is 4.79 Å². The molecule has 0 bridgehead atoms. The van der Waals surface area contributed by atoms with Gasteiger partial charge in [-0.15, -0.1) is 6.58 Å². The Morgan fingerprint density at radius 3 is 2.48 bits per heavy atom. The summed E-state index contributed by atoms with van der Waals surface area (Å²) in [4.78, 5) is 17.0. The molecular formula is C23H27N3O. The summed E-state index contributed by atoms with van der Waals surface area (Å²) in [5.41, 5.74) is 3.28. The first kappa shape index (κ1) is 20.3. The number of nitriles is 1. The number of anilines is 1. The predicted molar refractivity (Wildman–Crippen MR) is 111 cm³/mol. The van der Waals surface area contributed by atoms with E-state index in [1.807, 2.05) is 42.5 Å². The summed E-state index contributed by atoms with van der Waals surface area (Å²) in [6, 6.07) is 17.6. The third kappa shape index (κ3) is 5.21. The van der Waals surface area contributed by atoms with Crippen LogP contribution < -0.4 is 4.90 Å². The molecule has 0 aliphatic heterocycles. The first-order valence-corrected chi connectivity index (χ1v) is 9.26. The SMILES string of the molecule is C=CCN(Cc1cccc(C#N)c1)C(=O)c1ccc(N(CC)C(C)C)cc1. The van der Waals surface area contributed by atoms with E-state index >= 15 is 0 Å². The van der Waals surface area contributed by atoms with E-state index in [1.165, 1.54) is 0 Å². The van der Waals surface area contributed by atoms with Crippen LogP contribution in [0.4, 0.5) is 5.69 Å². The summed E-state index contributed by atoms with van der Waals surface area (Å²) in [5, 5.41) is 9.07. The second-order valence-corrected chi connectivity index (χ2v) is 6.71. The Balaban J connectivity index is 2.20. The fourth-order valence-corrected chi connectivity index (χ4v) is 3.16. The van der Waals surface area contributed by atoms with E-state index < -0.39 is 0 Å². The highest BCUT2D eigenvalue weighted by molar-refractivity contribution is 5.94. The number of nitrogens with zero attached hydrogens (tertiary/aromatic N) is 3. The van der Waals surface area contributed by atoms with Crippen LogP contribution in [0.15, 0.2) is 61.2 Å². The lowest BCUT2D eigenvalue weighted by atomic mass is 10.1. The van der Waals surface area contributed by atoms with Crippen molar-refractivity contribution < 1.29 is 4.79 Å². The lowest BCUT2D eigenvalue weighted by Gasteiger charge is -2.28. The lowest BCUT2D eigenvalue weighted by molar-refractivity contribution is 0.0762. The molecule has 27 heavy (non-hydrogen) atoms. The third-order valence-electron chi connectivity index (χ3n) is 4.48. The molecule has 4 heteroatoms. The molecule has 0 unspecified atom stereocenters. The van der Waals surface area contributed by atoms with Gasteiger partial charge >= 0.3 is 0 Å². The minimum absolute atomic E-state index is 0.0450. The maximum Gasteiger partial charge on any atom is 0.254 e. The van der Waals surface area contributed by atoms with Gasteiger partial charge < -0.3 is 9.80 Å². The summed E-state index contributed by atoms with van der Waals surface area (Å²) in [7, 11) is 0. The molecule has 140 valence electrons. The number of carbonyl (C=O) groups excluding carboxylic acids is 1. The van der Waals surface area contributed by atoms with Crippen LogP contribution in [0.1, 0.15) is 42.3 Å². The molecule has 0 spiro atoms. The van der Waals surface area contributed by atoms with Crippen LogP contribution in [0.25, 0.3) is 0 Å². The molecule has 0 aliphatic rings. The van der Waals surface area contributed by atoms with Crippen LogP contribution in [-0.4, -0.2) is 29.9 Å². The predicted octanol–water partition coefficient (Wildman–Crippen LogP) is 4.62. The van der Waals surface area contributed by atoms with Gasteiger partial charge in [-0.1, -0.05) is 18.2 Å². The van der Waals surface area contributed by atoms with Crippen LogP contribution in [0.5, 0.6) is 0 Å². The highest BCUT2D eigenvalue weighted by Gasteiger charge is 2.16. The summed E-state index contributed by atoms with van der Waals surface area (Å²) < 4.78 is 0. The zero-order valence-corrected chi connectivity index (χ0v) is 16.4. The zero-order valence-electron chi connectivity index (χ0n) is 16.4. The second kappa shape index (κ2) is 9.59. The normalized spacial score (nSPS) is 10.3. The zero-order chi connectivity index (χ0) is 19.8. The molecule has 2 aromatic carbocycles. The van der Waals surface area contributed by atoms with Crippen molar-refractivity contribution in [3.63, 3.8) is 0 Å². The Morgan fingerprint density at radius 2 is 1.93 bits per heavy atom. The number of rotatable bonds is 8. The highest BCUT2D eigenvalue weighted by Crippen LogP contribution is 2.19. The van der Waals surface area contributed by atoms with Crippen molar-refractivity contribution in [2.24, 2.45) is 0 Å². The van der Waals surface area contributed by atoms with E-state index in [9.17, 15) is 4.79 Å². The van der Waals surface area contributed by atoms with Crippen molar-refractivity contribution in [1.29, 1.82) is 5.26 Å². The molecule has 2 aromatic rings. The van der Waals surface area contributed by atoms with E-state index in [0.29, 0.717) is 30.3 Å². The van der Waals surface area contributed by atoms with Gasteiger partial charge in [0.15, 0.2) is 0 Å². The van der Waals surface area contributed by atoms with Gasteiger partial charge in [0.05, 0.1) is 11.6 Å². The standard InChI is InChI=1S/C23H27N3O/c1-5-14-25(17-20-9-7-8-19(15-20)16-24)23(27)21-10-12-22(13-11-21)26(6-2)18(3)4/h5,7-13,15,18H,1,6,14,17H2,2-4H3. The van der Waals surface area contributed by atoms with Crippen molar-refractivity contribution in [2.45, 2.75) is 33.4 Å². The highest BCUT2D eigenvalue weighted by atomic mass is 16.2. The summed E-state index contributed by atoms with van der Waals surface area (Å²) >= 11 is 0. The average Bonchev–Trinajstić information content (AvgIpc) is 2.68. The van der Waals surface area contributed by atoms with Gasteiger partial charge in [0, 0.05) is 36.9 Å². The number of hydrogen-bond acceptors (Lipinski definition) is 3. The number of hydrogen-bond donors (Lipinski definition) is 0. The minimum Gasteiger partial charge on any atom is -0.369 e. The van der Waals surface area contributed by atoms with E-state index in [0.717, 1.165) is 17.8 Å². The summed E-state index contributed by atoms with van der Waals surface area (Å²) in [5.74, 6) is -0.0450. The van der Waals surface area contributed by atoms with Crippen LogP contribution >= 0.6 is 0 Å². The van der Waals surface area contributed by atoms with E-state index in [4.69, 9.17) is 5.26 Å². The van der Waals surface area contributed by atoms with Crippen molar-refractivity contribution in [2.75, 3.05) is 18.0 Å². The third-order valence-corrected chi connectivity index (χ3v) is 4.48. The molecule has 0 fully saturated rings. The van der Waals surface area contributed by atoms with Gasteiger partial charge in [-0.05, 0) is 62.7 Å². The van der Waals surface area contributed by atoms with Crippen LogP contribution in [0.3, 0.4) is 0 Å². The maximum absolute atomic E-state index is 13.0. The van der Waals surface area contributed by atoms with Gasteiger partial charge in [0.1, 0.15) is 0 Å². The van der Waals surface area contributed by atoms with Crippen molar-refractivity contribution >= 4 is 11.6 Å². The van der Waals surface area contributed by atoms with E-state index in [1.54, 1.807) is 17.0 Å². The monoisotopic (exact) mass is 361 g/mol. The first-order valence-electron chi connectivity index (χ1n) is 9.26. The fourth-order valence-electron chi connectivity index (χ4n) is 3.16. The van der Waals surface area contributed by atoms with Crippen LogP contribution in [-0.2, 0) is 6.54 Å². The summed E-state index contributed by atoms with van der Waals surface area (Å²) in [6.45, 7) is 12.0. The first-order chi connectivity index (χ1) is 13.0. The molecule has 0 N–H and O–H groups in total. The molecule has 2 rings (SSSR count). The number of benzene rings is 2. The lowest BCUT2D eigenvalue weighted by Crippen LogP contribution is -2.31. The molecular weight excluding hydrogens is 334 g/mol. The Labute approximate surface area is 162 Å². The molecule has 0 radical (unpaired) electrons. The van der Waals surface area contributed by atoms with E-state index in [2.05, 4.69) is 38.3 Å². The molecule has 0 saturated heterocycles. The van der Waals surface area contributed by atoms with Gasteiger partial charge in [0.2, 0.25) is 0 Å². The van der Waals surface area contributed by atoms with E-state index in [-0.39, 0.29) is 5.91 Å². The Morgan fingerprint density at radius 1 is 1.22 bits per heavy atom. The van der Waals surface area contributed by atoms with Gasteiger partial charge in [-0.2, -0.15) is 5.26 Å². The van der Waals surface area contributed by atoms with Crippen molar-refractivity contribution in [3.8, 4) is 6.07 Å². The maximum atomic E-state index is 13.0. The Kier molecular flexibility index (Phi) is 7.19. The Bertz CT molecular complexity index is 818. The fraction of sp³-hybridized carbons (Fsp3) is 0.304.